The summed E-state index contributed by atoms with van der Waals surface area (Å²) in [7, 11) is 0. The second-order valence-electron chi connectivity index (χ2n) is 4.25. The Labute approximate surface area is 115 Å². The predicted octanol–water partition coefficient (Wildman–Crippen LogP) is 3.35. The number of ether oxygens (including phenoxy) is 1. The van der Waals surface area contributed by atoms with Gasteiger partial charge in [-0.3, -0.25) is 4.40 Å². The first kappa shape index (κ1) is 12.0. The van der Waals surface area contributed by atoms with E-state index in [-0.39, 0.29) is 0 Å². The lowest BCUT2D eigenvalue weighted by molar-refractivity contribution is 0.341. The maximum atomic E-state index is 6.11. The molecule has 0 spiro atoms. The average Bonchev–Trinajstić information content (AvgIpc) is 2.93. The molecule has 0 aliphatic carbocycles. The number of nitrogen functional groups attached to an aromatic ring is 1. The van der Waals surface area contributed by atoms with E-state index in [2.05, 4.69) is 10.4 Å². The molecule has 1 aromatic carbocycles. The highest BCUT2D eigenvalue weighted by Crippen LogP contribution is 2.35. The van der Waals surface area contributed by atoms with Gasteiger partial charge in [-0.25, -0.2) is 4.98 Å². The first-order valence-electron chi connectivity index (χ1n) is 6.16. The van der Waals surface area contributed by atoms with Crippen LogP contribution in [0.1, 0.15) is 12.6 Å². The fourth-order valence-electron chi connectivity index (χ4n) is 2.13. The zero-order valence-corrected chi connectivity index (χ0v) is 11.7. The molecule has 2 N–H and O–H groups in total. The van der Waals surface area contributed by atoms with Crippen LogP contribution in [0.2, 0.25) is 0 Å². The average molecular weight is 273 g/mol. The number of thiazole rings is 1. The van der Waals surface area contributed by atoms with E-state index >= 15 is 0 Å². The van der Waals surface area contributed by atoms with Crippen molar-refractivity contribution in [3.05, 3.63) is 35.3 Å². The number of fused-ring (bicyclic) bond motifs is 1. The molecule has 0 radical (unpaired) electrons. The Morgan fingerprint density at radius 2 is 2.16 bits per heavy atom. The third-order valence-corrected chi connectivity index (χ3v) is 3.87. The van der Waals surface area contributed by atoms with Gasteiger partial charge in [-0.15, -0.1) is 11.3 Å². The maximum absolute atomic E-state index is 6.11. The summed E-state index contributed by atoms with van der Waals surface area (Å²) in [5.74, 6) is 1.56. The molecule has 2 heterocycles. The smallest absolute Gasteiger partial charge is 0.196 e. The van der Waals surface area contributed by atoms with Crippen molar-refractivity contribution in [2.45, 2.75) is 13.8 Å². The van der Waals surface area contributed by atoms with E-state index in [4.69, 9.17) is 10.5 Å². The van der Waals surface area contributed by atoms with Crippen molar-refractivity contribution < 1.29 is 4.74 Å². The van der Waals surface area contributed by atoms with Crippen molar-refractivity contribution in [1.82, 2.24) is 9.38 Å². The van der Waals surface area contributed by atoms with Gasteiger partial charge < -0.3 is 10.5 Å². The van der Waals surface area contributed by atoms with E-state index in [1.54, 1.807) is 11.3 Å². The van der Waals surface area contributed by atoms with Crippen molar-refractivity contribution in [3.8, 4) is 17.0 Å². The summed E-state index contributed by atoms with van der Waals surface area (Å²) in [4.78, 5) is 5.36. The number of nitrogens with two attached hydrogens (primary N) is 1. The topological polar surface area (TPSA) is 52.5 Å². The highest BCUT2D eigenvalue weighted by atomic mass is 32.1. The molecule has 0 unspecified atom stereocenters. The highest BCUT2D eigenvalue weighted by molar-refractivity contribution is 7.15. The van der Waals surface area contributed by atoms with Crippen LogP contribution in [-0.4, -0.2) is 16.0 Å². The number of aryl methyl sites for hydroxylation is 1. The number of aromatic nitrogens is 2. The summed E-state index contributed by atoms with van der Waals surface area (Å²) in [5, 5.41) is 2.07. The Morgan fingerprint density at radius 1 is 1.37 bits per heavy atom. The maximum Gasteiger partial charge on any atom is 0.196 e. The molecule has 0 saturated heterocycles. The van der Waals surface area contributed by atoms with E-state index in [1.807, 2.05) is 42.5 Å². The van der Waals surface area contributed by atoms with Crippen LogP contribution in [-0.2, 0) is 0 Å². The summed E-state index contributed by atoms with van der Waals surface area (Å²) < 4.78 is 7.67. The Balaban J connectivity index is 2.24. The third kappa shape index (κ3) is 1.86. The van der Waals surface area contributed by atoms with Crippen molar-refractivity contribution in [2.75, 3.05) is 12.3 Å². The molecule has 0 amide bonds. The largest absolute Gasteiger partial charge is 0.493 e. The Bertz CT molecular complexity index is 729. The Hall–Kier alpha value is -2.01. The minimum absolute atomic E-state index is 0.642. The van der Waals surface area contributed by atoms with Gasteiger partial charge in [0.25, 0.3) is 0 Å². The molecule has 3 rings (SSSR count). The van der Waals surface area contributed by atoms with Crippen molar-refractivity contribution >= 4 is 22.1 Å². The van der Waals surface area contributed by atoms with Crippen LogP contribution in [0.5, 0.6) is 5.75 Å². The number of hydrogen-bond donors (Lipinski definition) is 1. The number of imidazole rings is 1. The Morgan fingerprint density at radius 3 is 2.95 bits per heavy atom. The fourth-order valence-corrected chi connectivity index (χ4v) is 3.07. The number of hydrogen-bond acceptors (Lipinski definition) is 4. The van der Waals surface area contributed by atoms with Crippen LogP contribution in [0.25, 0.3) is 16.2 Å². The van der Waals surface area contributed by atoms with Gasteiger partial charge in [0.05, 0.1) is 18.0 Å². The van der Waals surface area contributed by atoms with Gasteiger partial charge in [0, 0.05) is 10.9 Å². The summed E-state index contributed by atoms with van der Waals surface area (Å²) >= 11 is 1.59. The van der Waals surface area contributed by atoms with E-state index in [0.717, 1.165) is 27.7 Å². The van der Waals surface area contributed by atoms with Gasteiger partial charge in [0.1, 0.15) is 11.6 Å². The molecular weight excluding hydrogens is 258 g/mol. The quantitative estimate of drug-likeness (QED) is 0.796. The summed E-state index contributed by atoms with van der Waals surface area (Å²) in [6, 6.07) is 7.99. The van der Waals surface area contributed by atoms with Gasteiger partial charge in [0.2, 0.25) is 0 Å². The molecule has 0 aliphatic rings. The summed E-state index contributed by atoms with van der Waals surface area (Å²) in [6.07, 6.45) is 0. The first-order valence-corrected chi connectivity index (χ1v) is 7.04. The van der Waals surface area contributed by atoms with E-state index in [9.17, 15) is 0 Å². The Kier molecular flexibility index (Phi) is 2.91. The standard InChI is InChI=1S/C14H15N3OS/c1-3-18-12-7-5-4-6-10(12)11-8-19-14-16-9(2)13(15)17(11)14/h4-8H,3,15H2,1-2H3. The van der Waals surface area contributed by atoms with E-state index < -0.39 is 0 Å². The number of anilines is 1. The molecule has 0 saturated carbocycles. The SMILES string of the molecule is CCOc1ccccc1-c1csc2nc(C)c(N)n12. The molecule has 0 aliphatic heterocycles. The lowest BCUT2D eigenvalue weighted by Crippen LogP contribution is -1.98. The van der Waals surface area contributed by atoms with E-state index in [0.29, 0.717) is 12.4 Å². The zero-order chi connectivity index (χ0) is 13.4. The molecule has 4 nitrogen and oxygen atoms in total. The number of rotatable bonds is 3. The summed E-state index contributed by atoms with van der Waals surface area (Å²) in [6.45, 7) is 4.55. The molecule has 0 fully saturated rings. The van der Waals surface area contributed by atoms with Gasteiger partial charge in [0.15, 0.2) is 4.96 Å². The highest BCUT2D eigenvalue weighted by Gasteiger charge is 2.15. The molecule has 0 bridgehead atoms. The minimum Gasteiger partial charge on any atom is -0.493 e. The molecular formula is C14H15N3OS. The van der Waals surface area contributed by atoms with Crippen LogP contribution < -0.4 is 10.5 Å². The molecule has 3 aromatic rings. The van der Waals surface area contributed by atoms with Crippen molar-refractivity contribution in [1.29, 1.82) is 0 Å². The number of nitrogens with zero attached hydrogens (tertiary/aromatic N) is 2. The second-order valence-corrected chi connectivity index (χ2v) is 5.09. The van der Waals surface area contributed by atoms with E-state index in [1.165, 1.54) is 0 Å². The van der Waals surface area contributed by atoms with Crippen LogP contribution in [0.3, 0.4) is 0 Å². The number of benzene rings is 1. The monoisotopic (exact) mass is 273 g/mol. The number of para-hydroxylation sites is 1. The predicted molar refractivity (Wildman–Crippen MR) is 78.8 cm³/mol. The van der Waals surface area contributed by atoms with Crippen LogP contribution in [0, 0.1) is 6.92 Å². The minimum atomic E-state index is 0.642. The lowest BCUT2D eigenvalue weighted by Gasteiger charge is -2.09. The lowest BCUT2D eigenvalue weighted by atomic mass is 10.1. The molecule has 2 aromatic heterocycles. The second kappa shape index (κ2) is 4.59. The molecule has 5 heteroatoms. The van der Waals surface area contributed by atoms with Gasteiger partial charge >= 0.3 is 0 Å². The van der Waals surface area contributed by atoms with Gasteiger partial charge in [-0.05, 0) is 26.0 Å². The van der Waals surface area contributed by atoms with Crippen LogP contribution in [0.4, 0.5) is 5.82 Å². The molecule has 98 valence electrons. The van der Waals surface area contributed by atoms with Gasteiger partial charge in [-0.2, -0.15) is 0 Å². The van der Waals surface area contributed by atoms with Crippen molar-refractivity contribution in [3.63, 3.8) is 0 Å². The normalized spacial score (nSPS) is 11.1. The first-order chi connectivity index (χ1) is 9.22. The molecule has 19 heavy (non-hydrogen) atoms. The third-order valence-electron chi connectivity index (χ3n) is 3.05. The van der Waals surface area contributed by atoms with Crippen molar-refractivity contribution in [2.24, 2.45) is 0 Å². The fraction of sp³-hybridized carbons (Fsp3) is 0.214. The van der Waals surface area contributed by atoms with Crippen LogP contribution >= 0.6 is 11.3 Å². The van der Waals surface area contributed by atoms with Gasteiger partial charge in [-0.1, -0.05) is 12.1 Å². The van der Waals surface area contributed by atoms with Crippen LogP contribution in [0.15, 0.2) is 29.6 Å². The molecule has 0 atom stereocenters. The summed E-state index contributed by atoms with van der Waals surface area (Å²) in [5.41, 5.74) is 9.05. The zero-order valence-electron chi connectivity index (χ0n) is 10.9.